The summed E-state index contributed by atoms with van der Waals surface area (Å²) in [6.45, 7) is 3.86. The van der Waals surface area contributed by atoms with Gasteiger partial charge in [-0.3, -0.25) is 0 Å². The topological polar surface area (TPSA) is 64.7 Å². The highest BCUT2D eigenvalue weighted by Gasteiger charge is 2.09. The number of nitrogen functional groups attached to an aromatic ring is 1. The molecule has 0 aliphatic carbocycles. The minimum atomic E-state index is -0.0246. The number of para-hydroxylation sites is 1. The molecule has 4 heteroatoms. The third-order valence-corrected chi connectivity index (χ3v) is 2.70. The molecule has 0 atom stereocenters. The second-order valence-corrected chi connectivity index (χ2v) is 4.74. The smallest absolute Gasteiger partial charge is 0.154 e. The maximum atomic E-state index is 9.13. The van der Waals surface area contributed by atoms with Gasteiger partial charge in [-0.25, -0.2) is 0 Å². The zero-order chi connectivity index (χ0) is 14.5. The quantitative estimate of drug-likeness (QED) is 0.820. The molecule has 0 aliphatic heterocycles. The van der Waals surface area contributed by atoms with Gasteiger partial charge in [0, 0.05) is 0 Å². The van der Waals surface area contributed by atoms with E-state index in [4.69, 9.17) is 20.3 Å². The molecule has 0 radical (unpaired) electrons. The Morgan fingerprint density at radius 1 is 1.10 bits per heavy atom. The summed E-state index contributed by atoms with van der Waals surface area (Å²) in [5.74, 6) is 1.78. The molecular formula is C16H19NO3. The largest absolute Gasteiger partial charge is 0.489 e. The van der Waals surface area contributed by atoms with Crippen molar-refractivity contribution in [2.45, 2.75) is 26.6 Å². The molecule has 0 fully saturated rings. The molecule has 0 unspecified atom stereocenters. The Labute approximate surface area is 118 Å². The fourth-order valence-corrected chi connectivity index (χ4v) is 1.80. The van der Waals surface area contributed by atoms with E-state index in [9.17, 15) is 0 Å². The third kappa shape index (κ3) is 3.42. The summed E-state index contributed by atoms with van der Waals surface area (Å²) in [5, 5.41) is 9.13. The Balaban J connectivity index is 2.24. The van der Waals surface area contributed by atoms with Crippen molar-refractivity contribution in [3.8, 4) is 17.2 Å². The van der Waals surface area contributed by atoms with Crippen molar-refractivity contribution in [2.24, 2.45) is 0 Å². The number of aliphatic hydroxyl groups is 1. The lowest BCUT2D eigenvalue weighted by atomic mass is 10.2. The van der Waals surface area contributed by atoms with Crippen LogP contribution in [0.15, 0.2) is 42.5 Å². The highest BCUT2D eigenvalue weighted by Crippen LogP contribution is 2.35. The number of anilines is 1. The average molecular weight is 273 g/mol. The molecule has 0 aromatic heterocycles. The zero-order valence-electron chi connectivity index (χ0n) is 11.7. The van der Waals surface area contributed by atoms with E-state index in [-0.39, 0.29) is 12.7 Å². The molecule has 0 aliphatic rings. The molecule has 0 saturated heterocycles. The number of ether oxygens (including phenoxy) is 2. The van der Waals surface area contributed by atoms with Gasteiger partial charge in [0.05, 0.1) is 12.7 Å². The maximum Gasteiger partial charge on any atom is 0.154 e. The Morgan fingerprint density at radius 2 is 1.80 bits per heavy atom. The van der Waals surface area contributed by atoms with Gasteiger partial charge in [-0.1, -0.05) is 18.2 Å². The minimum Gasteiger partial charge on any atom is -0.489 e. The van der Waals surface area contributed by atoms with E-state index < -0.39 is 0 Å². The van der Waals surface area contributed by atoms with E-state index >= 15 is 0 Å². The van der Waals surface area contributed by atoms with Crippen molar-refractivity contribution in [1.82, 2.24) is 0 Å². The van der Waals surface area contributed by atoms with Crippen LogP contribution in [0.1, 0.15) is 19.4 Å². The summed E-state index contributed by atoms with van der Waals surface area (Å²) >= 11 is 0. The third-order valence-electron chi connectivity index (χ3n) is 2.70. The van der Waals surface area contributed by atoms with E-state index in [1.807, 2.05) is 44.2 Å². The SMILES string of the molecule is CC(C)Oc1cccc(Oc2cccc(CO)c2)c1N. The molecule has 2 aromatic carbocycles. The van der Waals surface area contributed by atoms with Crippen molar-refractivity contribution < 1.29 is 14.6 Å². The monoisotopic (exact) mass is 273 g/mol. The molecular weight excluding hydrogens is 254 g/mol. The Kier molecular flexibility index (Phi) is 4.48. The zero-order valence-corrected chi connectivity index (χ0v) is 11.7. The molecule has 3 N–H and O–H groups in total. The number of rotatable bonds is 5. The van der Waals surface area contributed by atoms with Crippen molar-refractivity contribution in [3.63, 3.8) is 0 Å². The van der Waals surface area contributed by atoms with E-state index in [0.717, 1.165) is 5.56 Å². The van der Waals surface area contributed by atoms with Crippen LogP contribution in [0.3, 0.4) is 0 Å². The van der Waals surface area contributed by atoms with Crippen molar-refractivity contribution in [3.05, 3.63) is 48.0 Å². The highest BCUT2D eigenvalue weighted by atomic mass is 16.5. The predicted octanol–water partition coefficient (Wildman–Crippen LogP) is 3.34. The van der Waals surface area contributed by atoms with Crippen LogP contribution in [0.2, 0.25) is 0 Å². The molecule has 2 rings (SSSR count). The van der Waals surface area contributed by atoms with Crippen molar-refractivity contribution >= 4 is 5.69 Å². The summed E-state index contributed by atoms with van der Waals surface area (Å²) in [6, 6.07) is 12.7. The first-order valence-electron chi connectivity index (χ1n) is 6.53. The van der Waals surface area contributed by atoms with Gasteiger partial charge in [-0.15, -0.1) is 0 Å². The average Bonchev–Trinajstić information content (AvgIpc) is 2.43. The Hall–Kier alpha value is -2.20. The van der Waals surface area contributed by atoms with Gasteiger partial charge in [0.2, 0.25) is 0 Å². The molecule has 0 heterocycles. The molecule has 0 spiro atoms. The van der Waals surface area contributed by atoms with Crippen LogP contribution < -0.4 is 15.2 Å². The van der Waals surface area contributed by atoms with Crippen LogP contribution in [0.25, 0.3) is 0 Å². The van der Waals surface area contributed by atoms with Crippen molar-refractivity contribution in [1.29, 1.82) is 0 Å². The number of aliphatic hydroxyl groups excluding tert-OH is 1. The summed E-state index contributed by atoms with van der Waals surface area (Å²) in [7, 11) is 0. The molecule has 106 valence electrons. The van der Waals surface area contributed by atoms with E-state index in [1.165, 1.54) is 0 Å². The lowest BCUT2D eigenvalue weighted by Crippen LogP contribution is -2.07. The van der Waals surface area contributed by atoms with E-state index in [0.29, 0.717) is 22.9 Å². The number of hydrogen-bond donors (Lipinski definition) is 2. The summed E-state index contributed by atoms with van der Waals surface area (Å²) in [5.41, 5.74) is 7.31. The molecule has 0 bridgehead atoms. The number of nitrogens with two attached hydrogens (primary N) is 1. The van der Waals surface area contributed by atoms with Gasteiger partial charge in [0.1, 0.15) is 17.2 Å². The predicted molar refractivity (Wildman–Crippen MR) is 79.1 cm³/mol. The van der Waals surface area contributed by atoms with Gasteiger partial charge in [-0.05, 0) is 43.7 Å². The Bertz CT molecular complexity index is 582. The van der Waals surface area contributed by atoms with Gasteiger partial charge in [0.25, 0.3) is 0 Å². The van der Waals surface area contributed by atoms with Crippen LogP contribution in [0, 0.1) is 0 Å². The number of benzene rings is 2. The first kappa shape index (κ1) is 14.2. The fourth-order valence-electron chi connectivity index (χ4n) is 1.80. The lowest BCUT2D eigenvalue weighted by molar-refractivity contribution is 0.243. The summed E-state index contributed by atoms with van der Waals surface area (Å²) in [6.07, 6.45) is 0.0465. The summed E-state index contributed by atoms with van der Waals surface area (Å²) < 4.78 is 11.4. The minimum absolute atomic E-state index is 0.0246. The first-order chi connectivity index (χ1) is 9.60. The molecule has 0 saturated carbocycles. The Morgan fingerprint density at radius 3 is 2.50 bits per heavy atom. The van der Waals surface area contributed by atoms with Crippen LogP contribution in [-0.4, -0.2) is 11.2 Å². The van der Waals surface area contributed by atoms with Gasteiger partial charge < -0.3 is 20.3 Å². The normalized spacial score (nSPS) is 10.6. The maximum absolute atomic E-state index is 9.13. The molecule has 4 nitrogen and oxygen atoms in total. The van der Waals surface area contributed by atoms with Crippen LogP contribution >= 0.6 is 0 Å². The molecule has 20 heavy (non-hydrogen) atoms. The van der Waals surface area contributed by atoms with E-state index in [2.05, 4.69) is 0 Å². The summed E-state index contributed by atoms with van der Waals surface area (Å²) in [4.78, 5) is 0. The second kappa shape index (κ2) is 6.30. The lowest BCUT2D eigenvalue weighted by Gasteiger charge is -2.15. The molecule has 0 amide bonds. The van der Waals surface area contributed by atoms with Gasteiger partial charge in [-0.2, -0.15) is 0 Å². The standard InChI is InChI=1S/C16H19NO3/c1-11(2)19-14-7-4-8-15(16(14)17)20-13-6-3-5-12(9-13)10-18/h3-9,11,18H,10,17H2,1-2H3. The highest BCUT2D eigenvalue weighted by molar-refractivity contribution is 5.63. The number of hydrogen-bond acceptors (Lipinski definition) is 4. The van der Waals surface area contributed by atoms with Crippen LogP contribution in [-0.2, 0) is 6.61 Å². The fraction of sp³-hybridized carbons (Fsp3) is 0.250. The van der Waals surface area contributed by atoms with Gasteiger partial charge >= 0.3 is 0 Å². The van der Waals surface area contributed by atoms with Gasteiger partial charge in [0.15, 0.2) is 5.75 Å². The van der Waals surface area contributed by atoms with Crippen LogP contribution in [0.4, 0.5) is 5.69 Å². The van der Waals surface area contributed by atoms with Crippen molar-refractivity contribution in [2.75, 3.05) is 5.73 Å². The first-order valence-corrected chi connectivity index (χ1v) is 6.53. The van der Waals surface area contributed by atoms with Crippen LogP contribution in [0.5, 0.6) is 17.2 Å². The second-order valence-electron chi connectivity index (χ2n) is 4.74. The van der Waals surface area contributed by atoms with E-state index in [1.54, 1.807) is 12.1 Å². The molecule has 2 aromatic rings.